The summed E-state index contributed by atoms with van der Waals surface area (Å²) in [5, 5.41) is 3.89. The SMILES string of the molecule is CCSc1cc(C(=O)N2CCN(CC(=O)Nc3ccccc3CC)CC2)ccn1. The molecule has 1 saturated heterocycles. The van der Waals surface area contributed by atoms with Crippen LogP contribution in [0.4, 0.5) is 5.69 Å². The molecule has 2 aromatic rings. The number of carbonyl (C=O) groups excluding carboxylic acids is 2. The van der Waals surface area contributed by atoms with E-state index in [1.807, 2.05) is 35.2 Å². The number of pyridine rings is 1. The zero-order valence-electron chi connectivity index (χ0n) is 17.1. The molecule has 0 atom stereocenters. The summed E-state index contributed by atoms with van der Waals surface area (Å²) in [7, 11) is 0. The van der Waals surface area contributed by atoms with Crippen LogP contribution in [0.5, 0.6) is 0 Å². The number of piperazine rings is 1. The minimum absolute atomic E-state index is 0.0129. The predicted molar refractivity (Wildman–Crippen MR) is 117 cm³/mol. The van der Waals surface area contributed by atoms with Gasteiger partial charge in [0.2, 0.25) is 5.91 Å². The minimum Gasteiger partial charge on any atom is -0.336 e. The summed E-state index contributed by atoms with van der Waals surface area (Å²) >= 11 is 1.63. The molecular formula is C22H28N4O2S. The molecule has 0 unspecified atom stereocenters. The van der Waals surface area contributed by atoms with Gasteiger partial charge in [-0.15, -0.1) is 11.8 Å². The van der Waals surface area contributed by atoms with Crippen molar-refractivity contribution in [3.63, 3.8) is 0 Å². The van der Waals surface area contributed by atoms with Crippen molar-refractivity contribution in [1.82, 2.24) is 14.8 Å². The first-order valence-corrected chi connectivity index (χ1v) is 11.1. The Balaban J connectivity index is 1.50. The Bertz CT molecular complexity index is 850. The van der Waals surface area contributed by atoms with E-state index >= 15 is 0 Å². The average molecular weight is 413 g/mol. The lowest BCUT2D eigenvalue weighted by molar-refractivity contribution is -0.117. The molecular weight excluding hydrogens is 384 g/mol. The molecule has 2 heterocycles. The van der Waals surface area contributed by atoms with Gasteiger partial charge < -0.3 is 10.2 Å². The second kappa shape index (κ2) is 10.4. The van der Waals surface area contributed by atoms with Gasteiger partial charge in [-0.1, -0.05) is 32.0 Å². The van der Waals surface area contributed by atoms with Crippen LogP contribution in [0.2, 0.25) is 0 Å². The molecule has 1 aromatic carbocycles. The fourth-order valence-corrected chi connectivity index (χ4v) is 4.05. The molecule has 154 valence electrons. The van der Waals surface area contributed by atoms with Crippen LogP contribution in [0, 0.1) is 0 Å². The number of carbonyl (C=O) groups is 2. The molecule has 6 nitrogen and oxygen atoms in total. The highest BCUT2D eigenvalue weighted by molar-refractivity contribution is 7.99. The maximum atomic E-state index is 12.8. The van der Waals surface area contributed by atoms with Gasteiger partial charge in [0, 0.05) is 43.6 Å². The zero-order chi connectivity index (χ0) is 20.6. The van der Waals surface area contributed by atoms with Gasteiger partial charge in [-0.25, -0.2) is 4.98 Å². The Kier molecular flexibility index (Phi) is 7.66. The molecule has 1 fully saturated rings. The van der Waals surface area contributed by atoms with Crippen LogP contribution >= 0.6 is 11.8 Å². The first-order valence-electron chi connectivity index (χ1n) is 10.1. The first kappa shape index (κ1) is 21.3. The van der Waals surface area contributed by atoms with Crippen molar-refractivity contribution < 1.29 is 9.59 Å². The van der Waals surface area contributed by atoms with Gasteiger partial charge in [-0.3, -0.25) is 14.5 Å². The van der Waals surface area contributed by atoms with Crippen LogP contribution in [0.25, 0.3) is 0 Å². The first-order chi connectivity index (χ1) is 14.1. The van der Waals surface area contributed by atoms with Crippen molar-refractivity contribution >= 4 is 29.3 Å². The van der Waals surface area contributed by atoms with E-state index in [4.69, 9.17) is 0 Å². The molecule has 0 saturated carbocycles. The third-order valence-electron chi connectivity index (χ3n) is 4.97. The molecule has 29 heavy (non-hydrogen) atoms. The quantitative estimate of drug-likeness (QED) is 0.708. The summed E-state index contributed by atoms with van der Waals surface area (Å²) in [6.07, 6.45) is 2.57. The standard InChI is InChI=1S/C22H28N4O2S/c1-3-17-7-5-6-8-19(17)24-20(27)16-25-11-13-26(14-12-25)22(28)18-9-10-23-21(15-18)29-4-2/h5-10,15H,3-4,11-14,16H2,1-2H3,(H,24,27). The van der Waals surface area contributed by atoms with E-state index in [9.17, 15) is 9.59 Å². The third-order valence-corrected chi connectivity index (χ3v) is 5.78. The summed E-state index contributed by atoms with van der Waals surface area (Å²) in [5.41, 5.74) is 2.69. The second-order valence-corrected chi connectivity index (χ2v) is 8.23. The molecule has 7 heteroatoms. The Hall–Kier alpha value is -2.38. The molecule has 2 amide bonds. The Morgan fingerprint density at radius 3 is 2.59 bits per heavy atom. The molecule has 0 aliphatic carbocycles. The number of hydrogen-bond acceptors (Lipinski definition) is 5. The van der Waals surface area contributed by atoms with Crippen LogP contribution in [0.15, 0.2) is 47.6 Å². The monoisotopic (exact) mass is 412 g/mol. The van der Waals surface area contributed by atoms with Gasteiger partial charge in [0.25, 0.3) is 5.91 Å². The van der Waals surface area contributed by atoms with Gasteiger partial charge in [0.1, 0.15) is 0 Å². The Morgan fingerprint density at radius 2 is 1.86 bits per heavy atom. The molecule has 0 radical (unpaired) electrons. The number of amides is 2. The van der Waals surface area contributed by atoms with E-state index in [2.05, 4.69) is 29.0 Å². The summed E-state index contributed by atoms with van der Waals surface area (Å²) in [5.74, 6) is 0.945. The van der Waals surface area contributed by atoms with E-state index in [0.29, 0.717) is 38.3 Å². The maximum Gasteiger partial charge on any atom is 0.254 e. The van der Waals surface area contributed by atoms with Crippen LogP contribution in [0.3, 0.4) is 0 Å². The third kappa shape index (κ3) is 5.81. The molecule has 3 rings (SSSR count). The van der Waals surface area contributed by atoms with Crippen molar-refractivity contribution in [3.8, 4) is 0 Å². The van der Waals surface area contributed by atoms with E-state index in [1.165, 1.54) is 0 Å². The number of nitrogens with zero attached hydrogens (tertiary/aromatic N) is 3. The van der Waals surface area contributed by atoms with Gasteiger partial charge in [-0.2, -0.15) is 0 Å². The Morgan fingerprint density at radius 1 is 1.10 bits per heavy atom. The van der Waals surface area contributed by atoms with Crippen molar-refractivity contribution in [2.75, 3.05) is 43.8 Å². The largest absolute Gasteiger partial charge is 0.336 e. The average Bonchev–Trinajstić information content (AvgIpc) is 2.74. The van der Waals surface area contributed by atoms with E-state index in [1.54, 1.807) is 24.0 Å². The number of aromatic nitrogens is 1. The normalized spacial score (nSPS) is 14.6. The van der Waals surface area contributed by atoms with Crippen molar-refractivity contribution in [2.45, 2.75) is 25.3 Å². The topological polar surface area (TPSA) is 65.5 Å². The smallest absolute Gasteiger partial charge is 0.254 e. The number of hydrogen-bond donors (Lipinski definition) is 1. The molecule has 1 N–H and O–H groups in total. The number of thioether (sulfide) groups is 1. The van der Waals surface area contributed by atoms with E-state index in [0.717, 1.165) is 28.5 Å². The molecule has 1 aliphatic rings. The Labute approximate surface area is 176 Å². The lowest BCUT2D eigenvalue weighted by Gasteiger charge is -2.34. The van der Waals surface area contributed by atoms with Gasteiger partial charge in [0.15, 0.2) is 0 Å². The van der Waals surface area contributed by atoms with Gasteiger partial charge in [-0.05, 0) is 35.9 Å². The van der Waals surface area contributed by atoms with Crippen molar-refractivity contribution in [1.29, 1.82) is 0 Å². The molecule has 0 spiro atoms. The van der Waals surface area contributed by atoms with Crippen LogP contribution in [-0.2, 0) is 11.2 Å². The molecule has 1 aliphatic heterocycles. The zero-order valence-corrected chi connectivity index (χ0v) is 17.9. The highest BCUT2D eigenvalue weighted by Crippen LogP contribution is 2.18. The summed E-state index contributed by atoms with van der Waals surface area (Å²) in [6.45, 7) is 7.11. The highest BCUT2D eigenvalue weighted by Gasteiger charge is 2.23. The van der Waals surface area contributed by atoms with Gasteiger partial charge >= 0.3 is 0 Å². The fraction of sp³-hybridized carbons (Fsp3) is 0.409. The highest BCUT2D eigenvalue weighted by atomic mass is 32.2. The maximum absolute atomic E-state index is 12.8. The fourth-order valence-electron chi connectivity index (χ4n) is 3.40. The van der Waals surface area contributed by atoms with E-state index < -0.39 is 0 Å². The van der Waals surface area contributed by atoms with Crippen molar-refractivity contribution in [3.05, 3.63) is 53.7 Å². The predicted octanol–water partition coefficient (Wildman–Crippen LogP) is 3.15. The van der Waals surface area contributed by atoms with Crippen LogP contribution < -0.4 is 5.32 Å². The minimum atomic E-state index is -0.0129. The summed E-state index contributed by atoms with van der Waals surface area (Å²) in [6, 6.07) is 11.5. The number of nitrogens with one attached hydrogen (secondary N) is 1. The summed E-state index contributed by atoms with van der Waals surface area (Å²) < 4.78 is 0. The second-order valence-electron chi connectivity index (χ2n) is 6.94. The molecule has 0 bridgehead atoms. The number of rotatable bonds is 7. The van der Waals surface area contributed by atoms with Crippen molar-refractivity contribution in [2.24, 2.45) is 0 Å². The van der Waals surface area contributed by atoms with Gasteiger partial charge in [0.05, 0.1) is 11.6 Å². The lowest BCUT2D eigenvalue weighted by Crippen LogP contribution is -2.50. The molecule has 1 aromatic heterocycles. The lowest BCUT2D eigenvalue weighted by atomic mass is 10.1. The van der Waals surface area contributed by atoms with E-state index in [-0.39, 0.29) is 11.8 Å². The van der Waals surface area contributed by atoms with Crippen LogP contribution in [0.1, 0.15) is 29.8 Å². The van der Waals surface area contributed by atoms with Crippen LogP contribution in [-0.4, -0.2) is 65.1 Å². The number of aryl methyl sites for hydroxylation is 1. The summed E-state index contributed by atoms with van der Waals surface area (Å²) in [4.78, 5) is 33.5. The number of benzene rings is 1. The number of anilines is 1. The number of para-hydroxylation sites is 1.